The Morgan fingerprint density at radius 2 is 1.56 bits per heavy atom. The average Bonchev–Trinajstić information content (AvgIpc) is 2.97. The van der Waals surface area contributed by atoms with Crippen molar-refractivity contribution in [2.45, 2.75) is 62.6 Å². The van der Waals surface area contributed by atoms with Gasteiger partial charge in [-0.25, -0.2) is 8.42 Å². The first-order valence-corrected chi connectivity index (χ1v) is 16.0. The number of amides is 2. The molecule has 0 aromatic heterocycles. The summed E-state index contributed by atoms with van der Waals surface area (Å²) in [6, 6.07) is 18.3. The smallest absolute Gasteiger partial charge is 0.264 e. The molecule has 1 N–H and O–H groups in total. The van der Waals surface area contributed by atoms with Gasteiger partial charge in [-0.2, -0.15) is 0 Å². The van der Waals surface area contributed by atoms with Gasteiger partial charge in [-0.3, -0.25) is 13.9 Å². The lowest BCUT2D eigenvalue weighted by atomic mass is 9.95. The molecule has 0 aliphatic heterocycles. The Morgan fingerprint density at radius 3 is 2.24 bits per heavy atom. The Morgan fingerprint density at radius 1 is 0.902 bits per heavy atom. The molecule has 218 valence electrons. The topological polar surface area (TPSA) is 86.8 Å². The van der Waals surface area contributed by atoms with E-state index < -0.39 is 28.5 Å². The number of carbonyl (C=O) groups excluding carboxylic acids is 2. The van der Waals surface area contributed by atoms with Crippen LogP contribution >= 0.6 is 34.8 Å². The van der Waals surface area contributed by atoms with Crippen LogP contribution in [-0.4, -0.2) is 43.8 Å². The van der Waals surface area contributed by atoms with E-state index in [0.29, 0.717) is 10.6 Å². The van der Waals surface area contributed by atoms with Crippen molar-refractivity contribution in [3.05, 3.63) is 93.4 Å². The van der Waals surface area contributed by atoms with Crippen molar-refractivity contribution >= 4 is 62.3 Å². The normalized spacial score (nSPS) is 14.7. The van der Waals surface area contributed by atoms with Gasteiger partial charge in [0.25, 0.3) is 10.0 Å². The van der Waals surface area contributed by atoms with Crippen LogP contribution in [0, 0.1) is 0 Å². The lowest BCUT2D eigenvalue weighted by Crippen LogP contribution is -2.53. The minimum atomic E-state index is -4.26. The van der Waals surface area contributed by atoms with Crippen molar-refractivity contribution in [1.82, 2.24) is 10.2 Å². The second-order valence-electron chi connectivity index (χ2n) is 10.1. The van der Waals surface area contributed by atoms with Crippen LogP contribution in [0.4, 0.5) is 5.69 Å². The number of nitrogens with one attached hydrogen (secondary N) is 1. The van der Waals surface area contributed by atoms with Crippen molar-refractivity contribution in [3.63, 3.8) is 0 Å². The number of benzene rings is 3. The Bertz CT molecular complexity index is 1480. The number of rotatable bonds is 10. The number of sulfonamides is 1. The highest BCUT2D eigenvalue weighted by Crippen LogP contribution is 2.33. The standard InChI is InChI=1S/C30H32Cl3N3O4S/c1-21(30(38)34-24-11-4-2-5-12-24)35(19-22-10-8-9-15-26(22)32)29(37)20-36(28-18-23(31)16-17-27(28)33)41(39,40)25-13-6-3-7-14-25/h3,6-10,13-18,21,24H,2,4-5,11-12,19-20H2,1H3,(H,34,38). The van der Waals surface area contributed by atoms with E-state index in [0.717, 1.165) is 36.4 Å². The number of anilines is 1. The Kier molecular flexibility index (Phi) is 10.6. The summed E-state index contributed by atoms with van der Waals surface area (Å²) in [5, 5.41) is 3.85. The Balaban J connectivity index is 1.71. The fourth-order valence-electron chi connectivity index (χ4n) is 4.87. The van der Waals surface area contributed by atoms with Gasteiger partial charge in [-0.05, 0) is 61.7 Å². The minimum absolute atomic E-state index is 0.000261. The van der Waals surface area contributed by atoms with E-state index in [9.17, 15) is 18.0 Å². The summed E-state index contributed by atoms with van der Waals surface area (Å²) in [5.74, 6) is -0.915. The van der Waals surface area contributed by atoms with E-state index >= 15 is 0 Å². The van der Waals surface area contributed by atoms with Gasteiger partial charge >= 0.3 is 0 Å². The van der Waals surface area contributed by atoms with Crippen LogP contribution in [0.5, 0.6) is 0 Å². The first kappa shape index (κ1) is 31.2. The van der Waals surface area contributed by atoms with Gasteiger partial charge in [0.2, 0.25) is 11.8 Å². The Labute approximate surface area is 256 Å². The zero-order valence-corrected chi connectivity index (χ0v) is 25.7. The summed E-state index contributed by atoms with van der Waals surface area (Å²) in [4.78, 5) is 28.8. The number of hydrogen-bond donors (Lipinski definition) is 1. The van der Waals surface area contributed by atoms with Crippen LogP contribution in [0.2, 0.25) is 15.1 Å². The molecular weight excluding hydrogens is 605 g/mol. The number of halogens is 3. The molecule has 7 nitrogen and oxygen atoms in total. The van der Waals surface area contributed by atoms with Gasteiger partial charge in [-0.1, -0.05) is 90.5 Å². The second kappa shape index (κ2) is 13.9. The van der Waals surface area contributed by atoms with Crippen molar-refractivity contribution in [2.75, 3.05) is 10.8 Å². The number of nitrogens with zero attached hydrogens (tertiary/aromatic N) is 2. The van der Waals surface area contributed by atoms with Crippen molar-refractivity contribution in [2.24, 2.45) is 0 Å². The number of hydrogen-bond acceptors (Lipinski definition) is 4. The maximum Gasteiger partial charge on any atom is 0.264 e. The van der Waals surface area contributed by atoms with E-state index in [1.165, 1.54) is 35.2 Å². The molecule has 1 aliphatic carbocycles. The maximum atomic E-state index is 14.1. The molecule has 2 amide bonds. The van der Waals surface area contributed by atoms with Gasteiger partial charge in [-0.15, -0.1) is 0 Å². The molecule has 41 heavy (non-hydrogen) atoms. The van der Waals surface area contributed by atoms with E-state index in [2.05, 4.69) is 5.32 Å². The molecule has 0 bridgehead atoms. The van der Waals surface area contributed by atoms with E-state index in [-0.39, 0.29) is 39.1 Å². The third-order valence-corrected chi connectivity index (χ3v) is 9.90. The van der Waals surface area contributed by atoms with Gasteiger partial charge in [0, 0.05) is 22.6 Å². The quantitative estimate of drug-likeness (QED) is 0.268. The molecule has 4 rings (SSSR count). The summed E-state index contributed by atoms with van der Waals surface area (Å²) < 4.78 is 28.7. The van der Waals surface area contributed by atoms with Crippen LogP contribution in [0.25, 0.3) is 0 Å². The van der Waals surface area contributed by atoms with Crippen molar-refractivity contribution in [3.8, 4) is 0 Å². The average molecular weight is 637 g/mol. The fourth-order valence-corrected chi connectivity index (χ4v) is 6.95. The summed E-state index contributed by atoms with van der Waals surface area (Å²) in [5.41, 5.74) is 0.673. The predicted octanol–water partition coefficient (Wildman–Crippen LogP) is 6.71. The van der Waals surface area contributed by atoms with E-state index in [1.54, 1.807) is 49.4 Å². The van der Waals surface area contributed by atoms with Crippen LogP contribution in [0.3, 0.4) is 0 Å². The molecule has 3 aromatic carbocycles. The zero-order chi connectivity index (χ0) is 29.6. The highest BCUT2D eigenvalue weighted by molar-refractivity contribution is 7.92. The van der Waals surface area contributed by atoms with Gasteiger partial charge in [0.05, 0.1) is 15.6 Å². The van der Waals surface area contributed by atoms with Crippen molar-refractivity contribution < 1.29 is 18.0 Å². The molecule has 0 radical (unpaired) electrons. The van der Waals surface area contributed by atoms with Crippen LogP contribution in [-0.2, 0) is 26.2 Å². The molecule has 1 unspecified atom stereocenters. The third kappa shape index (κ3) is 7.74. The van der Waals surface area contributed by atoms with Crippen LogP contribution in [0.15, 0.2) is 77.7 Å². The second-order valence-corrected chi connectivity index (χ2v) is 13.2. The van der Waals surface area contributed by atoms with Crippen molar-refractivity contribution in [1.29, 1.82) is 0 Å². The molecule has 3 aromatic rings. The van der Waals surface area contributed by atoms with Gasteiger partial charge in [0.15, 0.2) is 0 Å². The predicted molar refractivity (Wildman–Crippen MR) is 164 cm³/mol. The van der Waals surface area contributed by atoms with Gasteiger partial charge < -0.3 is 10.2 Å². The molecule has 1 atom stereocenters. The first-order valence-electron chi connectivity index (χ1n) is 13.4. The zero-order valence-electron chi connectivity index (χ0n) is 22.6. The lowest BCUT2D eigenvalue weighted by Gasteiger charge is -2.33. The maximum absolute atomic E-state index is 14.1. The number of carbonyl (C=O) groups is 2. The molecule has 11 heteroatoms. The molecular formula is C30H32Cl3N3O4S. The summed E-state index contributed by atoms with van der Waals surface area (Å²) in [7, 11) is -4.26. The fraction of sp³-hybridized carbons (Fsp3) is 0.333. The SMILES string of the molecule is CC(C(=O)NC1CCCCC1)N(Cc1ccccc1Cl)C(=O)CN(c1cc(Cl)ccc1Cl)S(=O)(=O)c1ccccc1. The molecule has 0 heterocycles. The summed E-state index contributed by atoms with van der Waals surface area (Å²) >= 11 is 19.1. The van der Waals surface area contributed by atoms with Crippen LogP contribution < -0.4 is 9.62 Å². The highest BCUT2D eigenvalue weighted by atomic mass is 35.5. The molecule has 1 aliphatic rings. The lowest BCUT2D eigenvalue weighted by molar-refractivity contribution is -0.139. The summed E-state index contributed by atoms with van der Waals surface area (Å²) in [6.45, 7) is 1.01. The molecule has 1 fully saturated rings. The van der Waals surface area contributed by atoms with E-state index in [4.69, 9.17) is 34.8 Å². The molecule has 1 saturated carbocycles. The molecule has 0 saturated heterocycles. The largest absolute Gasteiger partial charge is 0.352 e. The monoisotopic (exact) mass is 635 g/mol. The minimum Gasteiger partial charge on any atom is -0.352 e. The highest BCUT2D eigenvalue weighted by Gasteiger charge is 2.34. The van der Waals surface area contributed by atoms with Gasteiger partial charge in [0.1, 0.15) is 12.6 Å². The van der Waals surface area contributed by atoms with E-state index in [1.807, 2.05) is 0 Å². The molecule has 0 spiro atoms. The third-order valence-electron chi connectivity index (χ3n) is 7.20. The van der Waals surface area contributed by atoms with Crippen LogP contribution in [0.1, 0.15) is 44.6 Å². The first-order chi connectivity index (χ1) is 19.6. The Hall–Kier alpha value is -2.78. The summed E-state index contributed by atoms with van der Waals surface area (Å²) in [6.07, 6.45) is 4.97.